The SMILES string of the molecule is C.C.Cc1ccc(C)c(N(CCOCCOCCn2cc[n+](C)c2)CCOCCn2cc[n+](C)c2)c1. The van der Waals surface area contributed by atoms with Gasteiger partial charge in [-0.25, -0.2) is 18.3 Å². The first-order valence-electron chi connectivity index (χ1n) is 12.1. The number of aromatic nitrogens is 4. The van der Waals surface area contributed by atoms with Crippen molar-refractivity contribution in [2.75, 3.05) is 57.6 Å². The van der Waals surface area contributed by atoms with Crippen LogP contribution in [0.2, 0.25) is 0 Å². The van der Waals surface area contributed by atoms with Crippen molar-refractivity contribution in [1.29, 1.82) is 0 Å². The fourth-order valence-corrected chi connectivity index (χ4v) is 3.79. The summed E-state index contributed by atoms with van der Waals surface area (Å²) in [5, 5.41) is 0. The van der Waals surface area contributed by atoms with E-state index in [0.29, 0.717) is 39.6 Å². The lowest BCUT2D eigenvalue weighted by Gasteiger charge is -2.27. The Bertz CT molecular complexity index is 985. The zero-order chi connectivity index (χ0) is 24.2. The number of imidazole rings is 2. The van der Waals surface area contributed by atoms with Crippen LogP contribution in [-0.4, -0.2) is 61.9 Å². The zero-order valence-electron chi connectivity index (χ0n) is 21.2. The van der Waals surface area contributed by atoms with E-state index in [9.17, 15) is 0 Å². The van der Waals surface area contributed by atoms with Crippen LogP contribution in [0.4, 0.5) is 5.69 Å². The monoisotopic (exact) mass is 503 g/mol. The van der Waals surface area contributed by atoms with Crippen LogP contribution in [0.1, 0.15) is 26.0 Å². The van der Waals surface area contributed by atoms with Gasteiger partial charge in [0.1, 0.15) is 37.9 Å². The number of ether oxygens (including phenoxy) is 3. The lowest BCUT2D eigenvalue weighted by molar-refractivity contribution is -0.671. The number of benzene rings is 1. The fourth-order valence-electron chi connectivity index (χ4n) is 3.79. The smallest absolute Gasteiger partial charge is 0.243 e. The van der Waals surface area contributed by atoms with Gasteiger partial charge in [-0.3, -0.25) is 0 Å². The Morgan fingerprint density at radius 2 is 1.22 bits per heavy atom. The molecule has 8 heteroatoms. The van der Waals surface area contributed by atoms with Crippen molar-refractivity contribution in [2.45, 2.75) is 41.8 Å². The molecule has 0 radical (unpaired) electrons. The molecular weight excluding hydrogens is 454 g/mol. The predicted molar refractivity (Wildman–Crippen MR) is 145 cm³/mol. The summed E-state index contributed by atoms with van der Waals surface area (Å²) >= 11 is 0. The highest BCUT2D eigenvalue weighted by atomic mass is 16.5. The number of aryl methyl sites for hydroxylation is 4. The van der Waals surface area contributed by atoms with E-state index in [1.165, 1.54) is 16.8 Å². The zero-order valence-corrected chi connectivity index (χ0v) is 21.2. The maximum atomic E-state index is 5.94. The summed E-state index contributed by atoms with van der Waals surface area (Å²) in [4.78, 5) is 2.37. The van der Waals surface area contributed by atoms with E-state index >= 15 is 0 Å². The molecule has 8 nitrogen and oxygen atoms in total. The number of nitrogens with zero attached hydrogens (tertiary/aromatic N) is 5. The second-order valence-corrected chi connectivity index (χ2v) is 8.75. The summed E-state index contributed by atoms with van der Waals surface area (Å²) in [5.74, 6) is 0. The second-order valence-electron chi connectivity index (χ2n) is 8.75. The van der Waals surface area contributed by atoms with Crippen LogP contribution < -0.4 is 14.0 Å². The summed E-state index contributed by atoms with van der Waals surface area (Å²) in [7, 11) is 4.04. The van der Waals surface area contributed by atoms with Gasteiger partial charge in [-0.1, -0.05) is 27.0 Å². The van der Waals surface area contributed by atoms with E-state index in [1.54, 1.807) is 0 Å². The van der Waals surface area contributed by atoms with Crippen LogP contribution >= 0.6 is 0 Å². The van der Waals surface area contributed by atoms with Crippen molar-refractivity contribution in [3.8, 4) is 0 Å². The van der Waals surface area contributed by atoms with E-state index in [0.717, 1.165) is 26.2 Å². The van der Waals surface area contributed by atoms with Gasteiger partial charge in [-0.05, 0) is 31.0 Å². The van der Waals surface area contributed by atoms with E-state index < -0.39 is 0 Å². The van der Waals surface area contributed by atoms with Gasteiger partial charge in [-0.2, -0.15) is 0 Å². The molecule has 0 aliphatic heterocycles. The lowest BCUT2D eigenvalue weighted by Crippen LogP contribution is -2.32. The van der Waals surface area contributed by atoms with Crippen molar-refractivity contribution >= 4 is 5.69 Å². The van der Waals surface area contributed by atoms with E-state index in [1.807, 2.05) is 48.1 Å². The maximum Gasteiger partial charge on any atom is 0.243 e. The van der Waals surface area contributed by atoms with Gasteiger partial charge in [0.05, 0.1) is 53.7 Å². The van der Waals surface area contributed by atoms with Gasteiger partial charge in [0.2, 0.25) is 12.7 Å². The Morgan fingerprint density at radius 1 is 0.722 bits per heavy atom. The molecule has 0 atom stereocenters. The van der Waals surface area contributed by atoms with Crippen LogP contribution in [-0.2, 0) is 41.4 Å². The van der Waals surface area contributed by atoms with Crippen LogP contribution in [0.25, 0.3) is 0 Å². The molecule has 0 unspecified atom stereocenters. The minimum absolute atomic E-state index is 0. The third-order valence-corrected chi connectivity index (χ3v) is 5.72. The molecule has 36 heavy (non-hydrogen) atoms. The van der Waals surface area contributed by atoms with Gasteiger partial charge in [-0.15, -0.1) is 0 Å². The molecule has 0 N–H and O–H groups in total. The predicted octanol–water partition coefficient (Wildman–Crippen LogP) is 3.08. The first-order chi connectivity index (χ1) is 16.5. The van der Waals surface area contributed by atoms with Crippen molar-refractivity contribution in [2.24, 2.45) is 14.1 Å². The summed E-state index contributed by atoms with van der Waals surface area (Å²) in [6.07, 6.45) is 12.3. The lowest BCUT2D eigenvalue weighted by atomic mass is 10.1. The van der Waals surface area contributed by atoms with Gasteiger partial charge >= 0.3 is 0 Å². The molecule has 0 fully saturated rings. The van der Waals surface area contributed by atoms with E-state index in [-0.39, 0.29) is 14.9 Å². The van der Waals surface area contributed by atoms with Gasteiger partial charge in [0, 0.05) is 18.8 Å². The molecular formula is C28H49N5O3+2. The average molecular weight is 504 g/mol. The average Bonchev–Trinajstić information content (AvgIpc) is 3.43. The Hall–Kier alpha value is -2.68. The van der Waals surface area contributed by atoms with Gasteiger partial charge in [0.25, 0.3) is 0 Å². The van der Waals surface area contributed by atoms with Gasteiger partial charge in [0.15, 0.2) is 0 Å². The normalized spacial score (nSPS) is 10.7. The number of hydrogen-bond acceptors (Lipinski definition) is 4. The highest BCUT2D eigenvalue weighted by Crippen LogP contribution is 2.21. The second kappa shape index (κ2) is 16.9. The van der Waals surface area contributed by atoms with Crippen molar-refractivity contribution < 1.29 is 23.3 Å². The standard InChI is InChI=1S/C26H41N5O3.2CH4/c1-24-5-6-25(2)26(21-24)31(13-17-32-15-11-29-9-7-27(3)22-29)14-18-34-20-19-33-16-12-30-10-8-28(4)23-30;;/h5-10,21-23H,11-20H2,1-4H3;2*1H4/q+2;;. The molecule has 0 bridgehead atoms. The van der Waals surface area contributed by atoms with Crippen LogP contribution in [0.5, 0.6) is 0 Å². The third kappa shape index (κ3) is 10.9. The molecule has 3 rings (SSSR count). The van der Waals surface area contributed by atoms with Crippen molar-refractivity contribution in [3.05, 3.63) is 66.8 Å². The molecule has 3 aromatic rings. The molecule has 2 aromatic heterocycles. The highest BCUT2D eigenvalue weighted by Gasteiger charge is 2.10. The quantitative estimate of drug-likeness (QED) is 0.223. The molecule has 0 aliphatic rings. The Kier molecular flexibility index (Phi) is 14.7. The molecule has 0 amide bonds. The molecule has 2 heterocycles. The minimum Gasteiger partial charge on any atom is -0.377 e. The molecule has 1 aromatic carbocycles. The molecule has 0 saturated carbocycles. The molecule has 202 valence electrons. The largest absolute Gasteiger partial charge is 0.377 e. The maximum absolute atomic E-state index is 5.94. The Balaban J connectivity index is 0.00000324. The van der Waals surface area contributed by atoms with Crippen LogP contribution in [0.3, 0.4) is 0 Å². The third-order valence-electron chi connectivity index (χ3n) is 5.72. The van der Waals surface area contributed by atoms with Crippen molar-refractivity contribution in [3.63, 3.8) is 0 Å². The number of hydrogen-bond donors (Lipinski definition) is 0. The summed E-state index contributed by atoms with van der Waals surface area (Å²) in [5.41, 5.74) is 3.78. The Labute approximate surface area is 218 Å². The topological polar surface area (TPSA) is 48.6 Å². The van der Waals surface area contributed by atoms with E-state index in [2.05, 4.69) is 58.6 Å². The number of rotatable bonds is 16. The van der Waals surface area contributed by atoms with Gasteiger partial charge < -0.3 is 19.1 Å². The van der Waals surface area contributed by atoms with Crippen LogP contribution in [0.15, 0.2) is 55.6 Å². The summed E-state index contributed by atoms with van der Waals surface area (Å²) in [6, 6.07) is 6.59. The Morgan fingerprint density at radius 3 is 1.72 bits per heavy atom. The first kappa shape index (κ1) is 31.4. The minimum atomic E-state index is 0. The fraction of sp³-hybridized carbons (Fsp3) is 0.571. The molecule has 0 spiro atoms. The molecule has 0 aliphatic carbocycles. The highest BCUT2D eigenvalue weighted by molar-refractivity contribution is 5.54. The summed E-state index contributed by atoms with van der Waals surface area (Å²) in [6.45, 7) is 11.6. The van der Waals surface area contributed by atoms with Crippen LogP contribution in [0, 0.1) is 13.8 Å². The molecule has 0 saturated heterocycles. The van der Waals surface area contributed by atoms with Crippen molar-refractivity contribution in [1.82, 2.24) is 9.13 Å². The summed E-state index contributed by atoms with van der Waals surface area (Å²) < 4.78 is 25.8. The number of anilines is 1. The first-order valence-corrected chi connectivity index (χ1v) is 12.1. The van der Waals surface area contributed by atoms with E-state index in [4.69, 9.17) is 14.2 Å².